The van der Waals surface area contributed by atoms with Gasteiger partial charge in [0.15, 0.2) is 5.69 Å². The third kappa shape index (κ3) is 9.75. The van der Waals surface area contributed by atoms with Crippen molar-refractivity contribution in [1.82, 2.24) is 25.3 Å². The SMILES string of the molecule is O=C(Cn1nc(C(=O)N2CCN(c3ccccc3)CC2)cc1C(=O)N[C@H]1CCCC[C@@H]1OCc1ccccc1)N[C@H]1CCCC[C@@H]1OCc1ccccc1. The Morgan fingerprint density at radius 2 is 1.17 bits per heavy atom. The van der Waals surface area contributed by atoms with E-state index in [1.807, 2.05) is 78.9 Å². The summed E-state index contributed by atoms with van der Waals surface area (Å²) in [5.41, 5.74) is 3.63. The lowest BCUT2D eigenvalue weighted by Crippen LogP contribution is -2.49. The van der Waals surface area contributed by atoms with Crippen LogP contribution in [-0.4, -0.2) is 82.9 Å². The summed E-state index contributed by atoms with van der Waals surface area (Å²) < 4.78 is 14.0. The molecule has 11 heteroatoms. The third-order valence-corrected chi connectivity index (χ3v) is 10.9. The van der Waals surface area contributed by atoms with E-state index in [4.69, 9.17) is 9.47 Å². The molecule has 2 saturated carbocycles. The Hall–Kier alpha value is -5.00. The fourth-order valence-electron chi connectivity index (χ4n) is 7.90. The number of carbonyl (C=O) groups excluding carboxylic acids is 3. The van der Waals surface area contributed by atoms with Crippen LogP contribution in [0.3, 0.4) is 0 Å². The van der Waals surface area contributed by atoms with Crippen molar-refractivity contribution in [3.8, 4) is 0 Å². The maximum absolute atomic E-state index is 14.1. The normalized spacial score (nSPS) is 21.7. The molecule has 2 heterocycles. The van der Waals surface area contributed by atoms with E-state index in [9.17, 15) is 14.4 Å². The van der Waals surface area contributed by atoms with Crippen molar-refractivity contribution >= 4 is 23.4 Å². The second-order valence-electron chi connectivity index (χ2n) is 14.7. The molecule has 0 spiro atoms. The van der Waals surface area contributed by atoms with Crippen LogP contribution in [0, 0.1) is 0 Å². The standard InChI is InChI=1S/C43H52N6O5/c50-41(44-35-20-10-12-22-39(35)53-30-32-14-4-1-5-15-32)29-49-38(42(51)45-36-21-11-13-23-40(36)54-31-33-16-6-2-7-17-33)28-37(46-49)43(52)48-26-24-47(25-27-48)34-18-8-3-9-19-34/h1-9,14-19,28,35-36,39-40H,10-13,20-27,29-31H2,(H,44,50)(H,45,51)/t35-,36-,39-,40-/m0/s1. The molecule has 7 rings (SSSR count). The zero-order valence-electron chi connectivity index (χ0n) is 31.0. The molecule has 11 nitrogen and oxygen atoms in total. The number of piperazine rings is 1. The summed E-state index contributed by atoms with van der Waals surface area (Å²) in [6, 6.07) is 31.4. The van der Waals surface area contributed by atoms with E-state index >= 15 is 0 Å². The highest BCUT2D eigenvalue weighted by atomic mass is 16.5. The van der Waals surface area contributed by atoms with Gasteiger partial charge in [0.25, 0.3) is 11.8 Å². The van der Waals surface area contributed by atoms with E-state index in [2.05, 4.69) is 32.8 Å². The van der Waals surface area contributed by atoms with Crippen molar-refractivity contribution in [3.63, 3.8) is 0 Å². The Morgan fingerprint density at radius 1 is 0.648 bits per heavy atom. The van der Waals surface area contributed by atoms with Crippen LogP contribution in [0.15, 0.2) is 97.1 Å². The maximum atomic E-state index is 14.1. The first kappa shape index (κ1) is 37.3. The van der Waals surface area contributed by atoms with Crippen LogP contribution < -0.4 is 15.5 Å². The van der Waals surface area contributed by atoms with Gasteiger partial charge < -0.3 is 29.9 Å². The number of nitrogens with zero attached hydrogens (tertiary/aromatic N) is 4. The van der Waals surface area contributed by atoms with Crippen LogP contribution in [0.2, 0.25) is 0 Å². The topological polar surface area (TPSA) is 118 Å². The number of carbonyl (C=O) groups is 3. The predicted octanol–water partition coefficient (Wildman–Crippen LogP) is 5.75. The molecule has 0 radical (unpaired) electrons. The lowest BCUT2D eigenvalue weighted by Gasteiger charge is -2.35. The molecule has 0 bridgehead atoms. The monoisotopic (exact) mass is 732 g/mol. The Bertz CT molecular complexity index is 1810. The van der Waals surface area contributed by atoms with E-state index in [0.717, 1.165) is 68.2 Å². The average molecular weight is 733 g/mol. The van der Waals surface area contributed by atoms with E-state index in [1.165, 1.54) is 4.68 Å². The summed E-state index contributed by atoms with van der Waals surface area (Å²) >= 11 is 0. The van der Waals surface area contributed by atoms with E-state index in [1.54, 1.807) is 11.0 Å². The van der Waals surface area contributed by atoms with Crippen molar-refractivity contribution in [3.05, 3.63) is 120 Å². The highest BCUT2D eigenvalue weighted by molar-refractivity contribution is 5.98. The van der Waals surface area contributed by atoms with Gasteiger partial charge in [0.1, 0.15) is 12.2 Å². The number of ether oxygens (including phenoxy) is 2. The molecule has 3 aliphatic rings. The smallest absolute Gasteiger partial charge is 0.274 e. The molecule has 54 heavy (non-hydrogen) atoms. The zero-order chi connectivity index (χ0) is 37.1. The minimum atomic E-state index is -0.370. The summed E-state index contributed by atoms with van der Waals surface area (Å²) in [6.45, 7) is 3.17. The quantitative estimate of drug-likeness (QED) is 0.180. The first-order valence-corrected chi connectivity index (χ1v) is 19.6. The first-order valence-electron chi connectivity index (χ1n) is 19.6. The molecule has 2 aliphatic carbocycles. The van der Waals surface area contributed by atoms with Gasteiger partial charge in [-0.25, -0.2) is 4.68 Å². The number of benzene rings is 3. The van der Waals surface area contributed by atoms with Gasteiger partial charge in [-0.2, -0.15) is 5.10 Å². The number of rotatable bonds is 13. The highest BCUT2D eigenvalue weighted by Gasteiger charge is 2.32. The maximum Gasteiger partial charge on any atom is 0.274 e. The second kappa shape index (κ2) is 18.4. The molecule has 4 aromatic rings. The lowest BCUT2D eigenvalue weighted by atomic mass is 9.92. The summed E-state index contributed by atoms with van der Waals surface area (Å²) in [5.74, 6) is -0.894. The Labute approximate surface area is 318 Å². The summed E-state index contributed by atoms with van der Waals surface area (Å²) in [7, 11) is 0. The van der Waals surface area contributed by atoms with E-state index in [0.29, 0.717) is 39.4 Å². The molecule has 0 unspecified atom stereocenters. The summed E-state index contributed by atoms with van der Waals surface area (Å²) in [5, 5.41) is 11.0. The van der Waals surface area contributed by atoms with Gasteiger partial charge in [-0.1, -0.05) is 105 Å². The van der Waals surface area contributed by atoms with E-state index < -0.39 is 0 Å². The predicted molar refractivity (Wildman–Crippen MR) is 207 cm³/mol. The van der Waals surface area contributed by atoms with Gasteiger partial charge in [0.05, 0.1) is 37.5 Å². The van der Waals surface area contributed by atoms with Crippen LogP contribution in [0.25, 0.3) is 0 Å². The number of para-hydroxylation sites is 1. The van der Waals surface area contributed by atoms with Crippen LogP contribution in [-0.2, 0) is 34.0 Å². The number of anilines is 1. The van der Waals surface area contributed by atoms with Gasteiger partial charge in [0.2, 0.25) is 5.91 Å². The van der Waals surface area contributed by atoms with E-state index in [-0.39, 0.29) is 59.9 Å². The number of aromatic nitrogens is 2. The number of hydrogen-bond acceptors (Lipinski definition) is 7. The van der Waals surface area contributed by atoms with Gasteiger partial charge >= 0.3 is 0 Å². The Morgan fingerprint density at radius 3 is 1.74 bits per heavy atom. The lowest BCUT2D eigenvalue weighted by molar-refractivity contribution is -0.124. The molecule has 1 aromatic heterocycles. The van der Waals surface area contributed by atoms with Crippen LogP contribution in [0.4, 0.5) is 5.69 Å². The van der Waals surface area contributed by atoms with Crippen molar-refractivity contribution < 1.29 is 23.9 Å². The molecule has 1 saturated heterocycles. The second-order valence-corrected chi connectivity index (χ2v) is 14.7. The highest BCUT2D eigenvalue weighted by Crippen LogP contribution is 2.25. The largest absolute Gasteiger partial charge is 0.371 e. The minimum absolute atomic E-state index is 0.117. The van der Waals surface area contributed by atoms with Crippen LogP contribution >= 0.6 is 0 Å². The Kier molecular flexibility index (Phi) is 12.7. The number of hydrogen-bond donors (Lipinski definition) is 2. The van der Waals surface area contributed by atoms with Gasteiger partial charge in [-0.3, -0.25) is 14.4 Å². The van der Waals surface area contributed by atoms with Crippen LogP contribution in [0.1, 0.15) is 83.5 Å². The van der Waals surface area contributed by atoms with Gasteiger partial charge in [0, 0.05) is 37.9 Å². The molecule has 3 amide bonds. The molecule has 2 N–H and O–H groups in total. The van der Waals surface area contributed by atoms with Gasteiger partial charge in [-0.15, -0.1) is 0 Å². The fraction of sp³-hybridized carbons (Fsp3) is 0.442. The van der Waals surface area contributed by atoms with Crippen LogP contribution in [0.5, 0.6) is 0 Å². The Balaban J connectivity index is 1.05. The molecular weight excluding hydrogens is 681 g/mol. The summed E-state index contributed by atoms with van der Waals surface area (Å²) in [6.07, 6.45) is 7.06. The molecule has 284 valence electrons. The summed E-state index contributed by atoms with van der Waals surface area (Å²) in [4.78, 5) is 45.7. The molecule has 3 aromatic carbocycles. The average Bonchev–Trinajstić information content (AvgIpc) is 3.64. The molecule has 4 atom stereocenters. The fourth-order valence-corrected chi connectivity index (χ4v) is 7.90. The van der Waals surface area contributed by atoms with Gasteiger partial charge in [-0.05, 0) is 48.9 Å². The number of amides is 3. The van der Waals surface area contributed by atoms with Crippen molar-refractivity contribution in [2.75, 3.05) is 31.1 Å². The third-order valence-electron chi connectivity index (χ3n) is 10.9. The minimum Gasteiger partial charge on any atom is -0.371 e. The zero-order valence-corrected chi connectivity index (χ0v) is 31.0. The van der Waals surface area contributed by atoms with Crippen molar-refractivity contribution in [2.24, 2.45) is 0 Å². The van der Waals surface area contributed by atoms with Crippen molar-refractivity contribution in [1.29, 1.82) is 0 Å². The molecule has 3 fully saturated rings. The number of nitrogens with one attached hydrogen (secondary N) is 2. The first-order chi connectivity index (χ1) is 26.5. The molecular formula is C43H52N6O5. The van der Waals surface area contributed by atoms with Crippen molar-refractivity contribution in [2.45, 2.75) is 95.4 Å². The molecule has 1 aliphatic heterocycles.